The Bertz CT molecular complexity index is 340. The predicted octanol–water partition coefficient (Wildman–Crippen LogP) is 1.30. The van der Waals surface area contributed by atoms with Gasteiger partial charge in [-0.25, -0.2) is 9.97 Å². The molecule has 3 nitrogen and oxygen atoms in total. The number of rotatable bonds is 0. The molecule has 5 heteroatoms. The van der Waals surface area contributed by atoms with E-state index in [2.05, 4.69) is 21.8 Å². The van der Waals surface area contributed by atoms with Gasteiger partial charge in [-0.15, -0.1) is 11.6 Å². The molecule has 0 atom stereocenters. The number of halogens is 2. The Hall–Kier alpha value is -0.980. The Balaban J connectivity index is 3.01. The summed E-state index contributed by atoms with van der Waals surface area (Å²) in [7, 11) is 0. The van der Waals surface area contributed by atoms with Crippen molar-refractivity contribution < 1.29 is 0 Å². The number of anilines is 1. The molecule has 62 valence electrons. The second kappa shape index (κ2) is 4.15. The van der Waals surface area contributed by atoms with Gasteiger partial charge in [0.1, 0.15) is 5.82 Å². The van der Waals surface area contributed by atoms with Crippen LogP contribution in [0.3, 0.4) is 0 Å². The lowest BCUT2D eigenvalue weighted by Gasteiger charge is -1.94. The number of nitrogens with two attached hydrogens (primary N) is 1. The first kappa shape index (κ1) is 9.11. The summed E-state index contributed by atoms with van der Waals surface area (Å²) < 4.78 is 0. The zero-order chi connectivity index (χ0) is 8.97. The van der Waals surface area contributed by atoms with Crippen molar-refractivity contribution in [3.8, 4) is 11.8 Å². The summed E-state index contributed by atoms with van der Waals surface area (Å²) >= 11 is 11.0. The molecule has 0 aliphatic carbocycles. The van der Waals surface area contributed by atoms with E-state index in [1.807, 2.05) is 0 Å². The molecular weight excluding hydrogens is 197 g/mol. The van der Waals surface area contributed by atoms with Crippen molar-refractivity contribution in [2.75, 3.05) is 11.6 Å². The lowest BCUT2D eigenvalue weighted by molar-refractivity contribution is 1.18. The third-order valence-electron chi connectivity index (χ3n) is 1.02. The first-order chi connectivity index (χ1) is 5.74. The minimum absolute atomic E-state index is 0.201. The van der Waals surface area contributed by atoms with Crippen molar-refractivity contribution in [2.45, 2.75) is 0 Å². The van der Waals surface area contributed by atoms with Gasteiger partial charge in [-0.3, -0.25) is 0 Å². The third kappa shape index (κ3) is 2.26. The van der Waals surface area contributed by atoms with E-state index < -0.39 is 0 Å². The molecule has 0 saturated heterocycles. The molecule has 0 aliphatic rings. The number of aromatic nitrogens is 2. The highest BCUT2D eigenvalue weighted by Crippen LogP contribution is 2.09. The van der Waals surface area contributed by atoms with Gasteiger partial charge in [0.25, 0.3) is 0 Å². The molecule has 0 unspecified atom stereocenters. The van der Waals surface area contributed by atoms with Crippen LogP contribution in [0.25, 0.3) is 0 Å². The lowest BCUT2D eigenvalue weighted by atomic mass is 10.4. The van der Waals surface area contributed by atoms with E-state index in [1.54, 1.807) is 0 Å². The second-order valence-corrected chi connectivity index (χ2v) is 2.49. The van der Waals surface area contributed by atoms with Gasteiger partial charge in [-0.2, -0.15) is 0 Å². The zero-order valence-electron chi connectivity index (χ0n) is 6.01. The van der Waals surface area contributed by atoms with Gasteiger partial charge in [0.15, 0.2) is 10.8 Å². The maximum absolute atomic E-state index is 5.67. The fraction of sp³-hybridized carbons (Fsp3) is 0.143. The molecule has 0 aromatic carbocycles. The van der Waals surface area contributed by atoms with Gasteiger partial charge >= 0.3 is 0 Å². The third-order valence-corrected chi connectivity index (χ3v) is 1.42. The van der Waals surface area contributed by atoms with Crippen LogP contribution in [-0.2, 0) is 0 Å². The average Bonchev–Trinajstić information content (AvgIpc) is 2.03. The van der Waals surface area contributed by atoms with Crippen molar-refractivity contribution in [1.82, 2.24) is 9.97 Å². The second-order valence-electron chi connectivity index (χ2n) is 1.87. The summed E-state index contributed by atoms with van der Waals surface area (Å²) in [5.74, 6) is 5.77. The van der Waals surface area contributed by atoms with E-state index in [1.165, 1.54) is 6.20 Å². The molecule has 1 rings (SSSR count). The van der Waals surface area contributed by atoms with Gasteiger partial charge in [-0.05, 0) is 5.92 Å². The SMILES string of the molecule is Nc1cnc(C#CCCl)c(Cl)n1. The first-order valence-electron chi connectivity index (χ1n) is 3.07. The largest absolute Gasteiger partial charge is 0.382 e. The molecule has 0 aliphatic heterocycles. The van der Waals surface area contributed by atoms with Crippen LogP contribution in [0.2, 0.25) is 5.15 Å². The monoisotopic (exact) mass is 201 g/mol. The number of nitrogen functional groups attached to an aromatic ring is 1. The van der Waals surface area contributed by atoms with Crippen molar-refractivity contribution in [3.05, 3.63) is 17.0 Å². The molecule has 0 fully saturated rings. The molecule has 1 aromatic rings. The highest BCUT2D eigenvalue weighted by molar-refractivity contribution is 6.30. The van der Waals surface area contributed by atoms with Crippen LogP contribution >= 0.6 is 23.2 Å². The van der Waals surface area contributed by atoms with Gasteiger partial charge in [0.2, 0.25) is 0 Å². The van der Waals surface area contributed by atoms with Crippen LogP contribution in [-0.4, -0.2) is 15.8 Å². The van der Waals surface area contributed by atoms with Gasteiger partial charge in [0.05, 0.1) is 12.1 Å². The highest BCUT2D eigenvalue weighted by Gasteiger charge is 1.99. The van der Waals surface area contributed by atoms with Gasteiger partial charge < -0.3 is 5.73 Å². The molecule has 0 radical (unpaired) electrons. The fourth-order valence-corrected chi connectivity index (χ4v) is 0.841. The van der Waals surface area contributed by atoms with Crippen molar-refractivity contribution in [3.63, 3.8) is 0 Å². The Morgan fingerprint density at radius 3 is 2.92 bits per heavy atom. The Morgan fingerprint density at radius 2 is 2.33 bits per heavy atom. The summed E-state index contributed by atoms with van der Waals surface area (Å²) in [5, 5.41) is 0.201. The molecule has 1 heterocycles. The lowest BCUT2D eigenvalue weighted by Crippen LogP contribution is -1.94. The molecule has 12 heavy (non-hydrogen) atoms. The Labute approximate surface area is 79.9 Å². The first-order valence-corrected chi connectivity index (χ1v) is 3.98. The topological polar surface area (TPSA) is 51.8 Å². The highest BCUT2D eigenvalue weighted by atomic mass is 35.5. The minimum atomic E-state index is 0.201. The van der Waals surface area contributed by atoms with Crippen molar-refractivity contribution in [2.24, 2.45) is 0 Å². The maximum atomic E-state index is 5.67. The molecular formula is C7H5Cl2N3. The average molecular weight is 202 g/mol. The molecule has 2 N–H and O–H groups in total. The van der Waals surface area contributed by atoms with E-state index in [4.69, 9.17) is 28.9 Å². The van der Waals surface area contributed by atoms with E-state index in [9.17, 15) is 0 Å². The molecule has 0 bridgehead atoms. The fourth-order valence-electron chi connectivity index (χ4n) is 0.580. The minimum Gasteiger partial charge on any atom is -0.382 e. The predicted molar refractivity (Wildman–Crippen MR) is 49.1 cm³/mol. The Morgan fingerprint density at radius 1 is 1.58 bits per heavy atom. The summed E-state index contributed by atoms with van der Waals surface area (Å²) in [6.45, 7) is 0. The van der Waals surface area contributed by atoms with Crippen LogP contribution in [0, 0.1) is 11.8 Å². The maximum Gasteiger partial charge on any atom is 0.165 e. The van der Waals surface area contributed by atoms with Crippen molar-refractivity contribution >= 4 is 29.0 Å². The number of hydrogen-bond donors (Lipinski definition) is 1. The quantitative estimate of drug-likeness (QED) is 0.509. The number of hydrogen-bond acceptors (Lipinski definition) is 3. The van der Waals surface area contributed by atoms with E-state index in [0.717, 1.165) is 0 Å². The summed E-state index contributed by atoms with van der Waals surface area (Å²) in [6.07, 6.45) is 1.39. The number of nitrogens with zero attached hydrogens (tertiary/aromatic N) is 2. The van der Waals surface area contributed by atoms with Gasteiger partial charge in [-0.1, -0.05) is 17.5 Å². The number of alkyl halides is 1. The molecule has 0 amide bonds. The molecule has 0 spiro atoms. The van der Waals surface area contributed by atoms with E-state index >= 15 is 0 Å². The van der Waals surface area contributed by atoms with Crippen LogP contribution in [0.4, 0.5) is 5.82 Å². The van der Waals surface area contributed by atoms with Crippen LogP contribution < -0.4 is 5.73 Å². The van der Waals surface area contributed by atoms with E-state index in [-0.39, 0.29) is 16.9 Å². The van der Waals surface area contributed by atoms with Gasteiger partial charge in [0, 0.05) is 0 Å². The summed E-state index contributed by atoms with van der Waals surface area (Å²) in [4.78, 5) is 7.63. The van der Waals surface area contributed by atoms with Crippen LogP contribution in [0.15, 0.2) is 6.20 Å². The molecule has 1 aromatic heterocycles. The van der Waals surface area contributed by atoms with Crippen molar-refractivity contribution in [1.29, 1.82) is 0 Å². The smallest absolute Gasteiger partial charge is 0.165 e. The normalized spacial score (nSPS) is 8.83. The summed E-state index contributed by atoms with van der Waals surface area (Å²) in [5.41, 5.74) is 5.72. The Kier molecular flexibility index (Phi) is 3.15. The molecule has 0 saturated carbocycles. The van der Waals surface area contributed by atoms with E-state index in [0.29, 0.717) is 5.69 Å². The van der Waals surface area contributed by atoms with Crippen LogP contribution in [0.5, 0.6) is 0 Å². The zero-order valence-corrected chi connectivity index (χ0v) is 7.52. The standard InChI is InChI=1S/C7H5Cl2N3/c8-3-1-2-5-7(9)12-6(10)4-11-5/h4H,3H2,(H2,10,12). The van der Waals surface area contributed by atoms with Crippen LogP contribution in [0.1, 0.15) is 5.69 Å². The summed E-state index contributed by atoms with van der Waals surface area (Å²) in [6, 6.07) is 0.